The second-order valence-corrected chi connectivity index (χ2v) is 5.61. The Balaban J connectivity index is 2.11. The first-order valence-electron chi connectivity index (χ1n) is 5.82. The van der Waals surface area contributed by atoms with Crippen LogP contribution in [0.4, 0.5) is 5.69 Å². The van der Waals surface area contributed by atoms with E-state index in [2.05, 4.69) is 46.4 Å². The minimum absolute atomic E-state index is 0.798. The Morgan fingerprint density at radius 3 is 2.67 bits per heavy atom. The second kappa shape index (κ2) is 5.77. The monoisotopic (exact) mass is 323 g/mol. The van der Waals surface area contributed by atoms with E-state index in [4.69, 9.17) is 11.6 Å². The van der Waals surface area contributed by atoms with Crippen molar-refractivity contribution in [3.05, 3.63) is 62.6 Å². The van der Waals surface area contributed by atoms with Gasteiger partial charge in [0.2, 0.25) is 0 Å². The largest absolute Gasteiger partial charge is 0.381 e. The molecule has 0 aliphatic rings. The molecule has 0 radical (unpaired) electrons. The quantitative estimate of drug-likeness (QED) is 0.804. The van der Waals surface area contributed by atoms with Gasteiger partial charge in [0.1, 0.15) is 0 Å². The van der Waals surface area contributed by atoms with Crippen molar-refractivity contribution in [1.29, 1.82) is 0 Å². The highest BCUT2D eigenvalue weighted by molar-refractivity contribution is 9.10. The summed E-state index contributed by atoms with van der Waals surface area (Å²) in [7, 11) is 0. The van der Waals surface area contributed by atoms with Crippen LogP contribution in [0.5, 0.6) is 0 Å². The lowest BCUT2D eigenvalue weighted by atomic mass is 10.1. The van der Waals surface area contributed by atoms with Gasteiger partial charge in [0.05, 0.1) is 0 Å². The van der Waals surface area contributed by atoms with Crippen molar-refractivity contribution >= 4 is 33.2 Å². The Morgan fingerprint density at radius 1 is 1.17 bits per heavy atom. The third-order valence-electron chi connectivity index (χ3n) is 2.97. The van der Waals surface area contributed by atoms with E-state index in [-0.39, 0.29) is 0 Å². The number of hydrogen-bond acceptors (Lipinski definition) is 1. The van der Waals surface area contributed by atoms with E-state index in [9.17, 15) is 0 Å². The van der Waals surface area contributed by atoms with E-state index < -0.39 is 0 Å². The fourth-order valence-corrected chi connectivity index (χ4v) is 2.23. The molecule has 1 nitrogen and oxygen atoms in total. The van der Waals surface area contributed by atoms with Crippen LogP contribution in [0.2, 0.25) is 5.02 Å². The van der Waals surface area contributed by atoms with E-state index in [1.54, 1.807) is 0 Å². The first-order chi connectivity index (χ1) is 8.58. The number of anilines is 1. The van der Waals surface area contributed by atoms with E-state index in [0.29, 0.717) is 0 Å². The maximum atomic E-state index is 6.10. The molecule has 94 valence electrons. The van der Waals surface area contributed by atoms with Crippen molar-refractivity contribution in [1.82, 2.24) is 0 Å². The lowest BCUT2D eigenvalue weighted by molar-refractivity contribution is 1.13. The van der Waals surface area contributed by atoms with Crippen molar-refractivity contribution in [3.8, 4) is 0 Å². The molecule has 0 unspecified atom stereocenters. The van der Waals surface area contributed by atoms with Gasteiger partial charge in [-0.05, 0) is 48.7 Å². The average Bonchev–Trinajstić information content (AvgIpc) is 2.35. The summed E-state index contributed by atoms with van der Waals surface area (Å²) in [5.41, 5.74) is 4.68. The third kappa shape index (κ3) is 3.06. The van der Waals surface area contributed by atoms with Gasteiger partial charge in [-0.1, -0.05) is 45.7 Å². The first-order valence-corrected chi connectivity index (χ1v) is 6.99. The average molecular weight is 325 g/mol. The molecule has 0 saturated carbocycles. The molecule has 2 aromatic rings. The maximum absolute atomic E-state index is 6.10. The lowest BCUT2D eigenvalue weighted by Crippen LogP contribution is -2.01. The predicted molar refractivity (Wildman–Crippen MR) is 82.4 cm³/mol. The molecule has 0 atom stereocenters. The number of nitrogens with one attached hydrogen (secondary N) is 1. The molecule has 2 aromatic carbocycles. The molecule has 0 heterocycles. The Morgan fingerprint density at radius 2 is 1.94 bits per heavy atom. The zero-order valence-electron chi connectivity index (χ0n) is 10.4. The fraction of sp³-hybridized carbons (Fsp3) is 0.200. The van der Waals surface area contributed by atoms with Crippen molar-refractivity contribution in [2.75, 3.05) is 5.32 Å². The Kier molecular flexibility index (Phi) is 4.31. The highest BCUT2D eigenvalue weighted by Crippen LogP contribution is 2.24. The molecular formula is C15H15BrClN. The fourth-order valence-electron chi connectivity index (χ4n) is 1.81. The Labute approximate surface area is 121 Å². The molecule has 0 saturated heterocycles. The van der Waals surface area contributed by atoms with Crippen LogP contribution in [0.15, 0.2) is 40.9 Å². The van der Waals surface area contributed by atoms with E-state index in [1.807, 2.05) is 25.1 Å². The Hall–Kier alpha value is -0.990. The second-order valence-electron chi connectivity index (χ2n) is 4.35. The minimum atomic E-state index is 0.798. The van der Waals surface area contributed by atoms with Crippen LogP contribution >= 0.6 is 27.5 Å². The topological polar surface area (TPSA) is 12.0 Å². The van der Waals surface area contributed by atoms with Crippen LogP contribution in [0.25, 0.3) is 0 Å². The van der Waals surface area contributed by atoms with Crippen LogP contribution in [0, 0.1) is 13.8 Å². The van der Waals surface area contributed by atoms with Crippen molar-refractivity contribution < 1.29 is 0 Å². The van der Waals surface area contributed by atoms with Crippen LogP contribution < -0.4 is 5.32 Å². The smallest absolute Gasteiger partial charge is 0.0455 e. The molecule has 0 amide bonds. The summed E-state index contributed by atoms with van der Waals surface area (Å²) in [4.78, 5) is 0. The normalized spacial score (nSPS) is 10.4. The van der Waals surface area contributed by atoms with E-state index in [1.165, 1.54) is 11.1 Å². The van der Waals surface area contributed by atoms with Crippen LogP contribution in [0.3, 0.4) is 0 Å². The van der Waals surface area contributed by atoms with Gasteiger partial charge in [-0.2, -0.15) is 0 Å². The summed E-state index contributed by atoms with van der Waals surface area (Å²) in [6, 6.07) is 12.3. The van der Waals surface area contributed by atoms with E-state index in [0.717, 1.165) is 27.3 Å². The lowest BCUT2D eigenvalue weighted by Gasteiger charge is -2.11. The third-order valence-corrected chi connectivity index (χ3v) is 4.27. The zero-order chi connectivity index (χ0) is 13.1. The highest BCUT2D eigenvalue weighted by atomic mass is 79.9. The highest BCUT2D eigenvalue weighted by Gasteiger charge is 2.02. The van der Waals surface area contributed by atoms with Gasteiger partial charge in [-0.15, -0.1) is 0 Å². The summed E-state index contributed by atoms with van der Waals surface area (Å²) < 4.78 is 1.14. The van der Waals surface area contributed by atoms with Gasteiger partial charge in [0, 0.05) is 21.7 Å². The van der Waals surface area contributed by atoms with Gasteiger partial charge in [0.15, 0.2) is 0 Å². The van der Waals surface area contributed by atoms with Crippen LogP contribution in [0.1, 0.15) is 16.7 Å². The van der Waals surface area contributed by atoms with Crippen molar-refractivity contribution in [3.63, 3.8) is 0 Å². The number of halogens is 2. The standard InChI is InChI=1S/C15H15BrClN/c1-10-8-12(6-7-13(10)16)9-18-15-5-3-4-14(17)11(15)2/h3-8,18H,9H2,1-2H3. The molecule has 0 spiro atoms. The molecule has 0 fully saturated rings. The van der Waals surface area contributed by atoms with Crippen molar-refractivity contribution in [2.45, 2.75) is 20.4 Å². The van der Waals surface area contributed by atoms with Gasteiger partial charge in [-0.25, -0.2) is 0 Å². The predicted octanol–water partition coefficient (Wildman–Crippen LogP) is 5.33. The van der Waals surface area contributed by atoms with Gasteiger partial charge in [-0.3, -0.25) is 0 Å². The molecule has 2 rings (SSSR count). The molecule has 3 heteroatoms. The summed E-state index contributed by atoms with van der Waals surface area (Å²) in [6.45, 7) is 4.92. The number of aryl methyl sites for hydroxylation is 1. The maximum Gasteiger partial charge on any atom is 0.0455 e. The summed E-state index contributed by atoms with van der Waals surface area (Å²) >= 11 is 9.60. The summed E-state index contributed by atoms with van der Waals surface area (Å²) in [6.07, 6.45) is 0. The van der Waals surface area contributed by atoms with Gasteiger partial charge < -0.3 is 5.32 Å². The molecule has 0 aliphatic heterocycles. The Bertz CT molecular complexity index is 566. The van der Waals surface area contributed by atoms with Gasteiger partial charge >= 0.3 is 0 Å². The molecule has 1 N–H and O–H groups in total. The zero-order valence-corrected chi connectivity index (χ0v) is 12.8. The summed E-state index contributed by atoms with van der Waals surface area (Å²) in [5, 5.41) is 4.22. The molecule has 18 heavy (non-hydrogen) atoms. The number of benzene rings is 2. The molecular weight excluding hydrogens is 310 g/mol. The van der Waals surface area contributed by atoms with E-state index >= 15 is 0 Å². The molecule has 0 bridgehead atoms. The van der Waals surface area contributed by atoms with Crippen LogP contribution in [-0.2, 0) is 6.54 Å². The number of rotatable bonds is 3. The van der Waals surface area contributed by atoms with Gasteiger partial charge in [0.25, 0.3) is 0 Å². The van der Waals surface area contributed by atoms with Crippen LogP contribution in [-0.4, -0.2) is 0 Å². The first kappa shape index (κ1) is 13.4. The van der Waals surface area contributed by atoms with Crippen molar-refractivity contribution in [2.24, 2.45) is 0 Å². The summed E-state index contributed by atoms with van der Waals surface area (Å²) in [5.74, 6) is 0. The SMILES string of the molecule is Cc1cc(CNc2cccc(Cl)c2C)ccc1Br. The molecule has 0 aromatic heterocycles. The molecule has 0 aliphatic carbocycles. The number of hydrogen-bond donors (Lipinski definition) is 1. The minimum Gasteiger partial charge on any atom is -0.381 e.